The first-order chi connectivity index (χ1) is 13.1. The van der Waals surface area contributed by atoms with Crippen LogP contribution >= 0.6 is 0 Å². The fourth-order valence-corrected chi connectivity index (χ4v) is 2.68. The minimum absolute atomic E-state index is 0.292. The van der Waals surface area contributed by atoms with Gasteiger partial charge in [-0.05, 0) is 24.6 Å². The summed E-state index contributed by atoms with van der Waals surface area (Å²) >= 11 is 0. The Morgan fingerprint density at radius 1 is 1.04 bits per heavy atom. The molecule has 2 aromatic carbocycles. The highest BCUT2D eigenvalue weighted by Gasteiger charge is 2.20. The molecule has 6 heteroatoms. The van der Waals surface area contributed by atoms with Crippen LogP contribution < -0.4 is 4.90 Å². The Morgan fingerprint density at radius 2 is 1.67 bits per heavy atom. The fraction of sp³-hybridized carbons (Fsp3) is 0.190. The van der Waals surface area contributed by atoms with Crippen LogP contribution in [0.15, 0.2) is 66.9 Å². The number of aromatic nitrogens is 2. The molecular formula is C21H21N3O3. The van der Waals surface area contributed by atoms with Crippen molar-refractivity contribution in [3.05, 3.63) is 83.7 Å². The molecule has 0 spiro atoms. The summed E-state index contributed by atoms with van der Waals surface area (Å²) in [5, 5.41) is 4.02. The average Bonchev–Trinajstić information content (AvgIpc) is 3.04. The molecular weight excluding hydrogens is 342 g/mol. The van der Waals surface area contributed by atoms with Gasteiger partial charge >= 0.3 is 5.97 Å². The van der Waals surface area contributed by atoms with Crippen molar-refractivity contribution in [2.75, 3.05) is 11.5 Å². The van der Waals surface area contributed by atoms with E-state index in [2.05, 4.69) is 5.10 Å². The molecule has 6 nitrogen and oxygen atoms in total. The van der Waals surface area contributed by atoms with Crippen molar-refractivity contribution in [2.24, 2.45) is 7.05 Å². The van der Waals surface area contributed by atoms with E-state index < -0.39 is 5.97 Å². The maximum absolute atomic E-state index is 12.8. The summed E-state index contributed by atoms with van der Waals surface area (Å²) in [6.45, 7) is 1.83. The quantitative estimate of drug-likeness (QED) is 0.631. The van der Waals surface area contributed by atoms with Crippen molar-refractivity contribution in [1.82, 2.24) is 9.78 Å². The Hall–Kier alpha value is -3.41. The number of hydrogen-bond acceptors (Lipinski definition) is 4. The molecule has 1 aromatic heterocycles. The van der Waals surface area contributed by atoms with Crippen molar-refractivity contribution in [2.45, 2.75) is 13.5 Å². The van der Waals surface area contributed by atoms with Crippen LogP contribution in [0.1, 0.15) is 21.6 Å². The molecule has 0 atom stereocenters. The number of nitrogens with zero attached hydrogens (tertiary/aromatic N) is 3. The zero-order valence-corrected chi connectivity index (χ0v) is 15.3. The predicted octanol–water partition coefficient (Wildman–Crippen LogP) is 3.12. The van der Waals surface area contributed by atoms with Crippen molar-refractivity contribution < 1.29 is 14.3 Å². The van der Waals surface area contributed by atoms with Crippen LogP contribution in [0.25, 0.3) is 0 Å². The topological polar surface area (TPSA) is 64.4 Å². The van der Waals surface area contributed by atoms with E-state index in [4.69, 9.17) is 4.74 Å². The highest BCUT2D eigenvalue weighted by atomic mass is 16.5. The number of hydrogen-bond donors (Lipinski definition) is 0. The Kier molecular flexibility index (Phi) is 5.66. The third-order valence-electron chi connectivity index (χ3n) is 4.33. The maximum atomic E-state index is 12.8. The van der Waals surface area contributed by atoms with Gasteiger partial charge < -0.3 is 9.64 Å². The van der Waals surface area contributed by atoms with E-state index in [1.165, 1.54) is 6.20 Å². The molecule has 27 heavy (non-hydrogen) atoms. The highest BCUT2D eigenvalue weighted by Crippen LogP contribution is 2.17. The first kappa shape index (κ1) is 18.4. The van der Waals surface area contributed by atoms with Gasteiger partial charge in [0.15, 0.2) is 6.61 Å². The van der Waals surface area contributed by atoms with Crippen LogP contribution in [-0.2, 0) is 23.1 Å². The molecule has 3 aromatic rings. The molecule has 0 radical (unpaired) electrons. The number of ether oxygens (including phenoxy) is 1. The maximum Gasteiger partial charge on any atom is 0.342 e. The van der Waals surface area contributed by atoms with Gasteiger partial charge in [-0.2, -0.15) is 5.10 Å². The normalized spacial score (nSPS) is 10.4. The van der Waals surface area contributed by atoms with Crippen molar-refractivity contribution in [3.8, 4) is 0 Å². The zero-order chi connectivity index (χ0) is 19.2. The Balaban J connectivity index is 1.73. The van der Waals surface area contributed by atoms with Crippen LogP contribution in [0, 0.1) is 6.92 Å². The van der Waals surface area contributed by atoms with Crippen molar-refractivity contribution >= 4 is 17.6 Å². The highest BCUT2D eigenvalue weighted by molar-refractivity contribution is 5.97. The lowest BCUT2D eigenvalue weighted by Gasteiger charge is -2.23. The lowest BCUT2D eigenvalue weighted by atomic mass is 10.2. The molecule has 1 amide bonds. The molecule has 3 rings (SSSR count). The van der Waals surface area contributed by atoms with Crippen LogP contribution in [-0.4, -0.2) is 28.3 Å². The monoisotopic (exact) mass is 363 g/mol. The first-order valence-electron chi connectivity index (χ1n) is 8.61. The van der Waals surface area contributed by atoms with E-state index in [0.29, 0.717) is 17.8 Å². The van der Waals surface area contributed by atoms with Crippen LogP contribution in [0.5, 0.6) is 0 Å². The zero-order valence-electron chi connectivity index (χ0n) is 15.3. The van der Waals surface area contributed by atoms with Crippen molar-refractivity contribution in [3.63, 3.8) is 0 Å². The number of carbonyl (C=O) groups is 2. The molecule has 138 valence electrons. The minimum Gasteiger partial charge on any atom is -0.452 e. The largest absolute Gasteiger partial charge is 0.452 e. The second-order valence-corrected chi connectivity index (χ2v) is 6.14. The SMILES string of the molecule is Cc1c(C(=O)OCC(=O)N(Cc2ccccc2)c2ccccc2)cnn1C. The molecule has 0 aliphatic carbocycles. The predicted molar refractivity (Wildman–Crippen MR) is 102 cm³/mol. The fourth-order valence-electron chi connectivity index (χ4n) is 2.68. The van der Waals surface area contributed by atoms with E-state index in [9.17, 15) is 9.59 Å². The summed E-state index contributed by atoms with van der Waals surface area (Å²) in [4.78, 5) is 26.7. The van der Waals surface area contributed by atoms with Gasteiger partial charge in [-0.25, -0.2) is 4.79 Å². The summed E-state index contributed by atoms with van der Waals surface area (Å²) in [6, 6.07) is 19.0. The van der Waals surface area contributed by atoms with Gasteiger partial charge in [0, 0.05) is 18.4 Å². The Labute approximate surface area is 158 Å². The molecule has 0 bridgehead atoms. The summed E-state index contributed by atoms with van der Waals surface area (Å²) in [6.07, 6.45) is 1.45. The number of esters is 1. The van der Waals surface area contributed by atoms with E-state index in [-0.39, 0.29) is 12.5 Å². The third kappa shape index (κ3) is 4.41. The van der Waals surface area contributed by atoms with Crippen LogP contribution in [0.2, 0.25) is 0 Å². The van der Waals surface area contributed by atoms with E-state index in [1.54, 1.807) is 23.6 Å². The summed E-state index contributed by atoms with van der Waals surface area (Å²) in [5.41, 5.74) is 2.79. The van der Waals surface area contributed by atoms with Crippen LogP contribution in [0.3, 0.4) is 0 Å². The Morgan fingerprint density at radius 3 is 2.26 bits per heavy atom. The molecule has 0 unspecified atom stereocenters. The van der Waals surface area contributed by atoms with Gasteiger partial charge in [0.05, 0.1) is 12.7 Å². The number of rotatable bonds is 6. The van der Waals surface area contributed by atoms with Gasteiger partial charge in [-0.1, -0.05) is 48.5 Å². The molecule has 0 N–H and O–H groups in total. The van der Waals surface area contributed by atoms with Crippen molar-refractivity contribution in [1.29, 1.82) is 0 Å². The number of aryl methyl sites for hydroxylation is 1. The lowest BCUT2D eigenvalue weighted by molar-refractivity contribution is -0.121. The number of amides is 1. The molecule has 0 saturated heterocycles. The molecule has 0 aliphatic heterocycles. The number of para-hydroxylation sites is 1. The standard InChI is InChI=1S/C21H21N3O3/c1-16-19(13-22-23(16)2)21(26)27-15-20(25)24(18-11-7-4-8-12-18)14-17-9-5-3-6-10-17/h3-13H,14-15H2,1-2H3. The smallest absolute Gasteiger partial charge is 0.342 e. The number of benzene rings is 2. The summed E-state index contributed by atoms with van der Waals surface area (Å²) in [5.74, 6) is -0.846. The summed E-state index contributed by atoms with van der Waals surface area (Å²) < 4.78 is 6.83. The van der Waals surface area contributed by atoms with E-state index >= 15 is 0 Å². The lowest BCUT2D eigenvalue weighted by Crippen LogP contribution is -2.34. The molecule has 0 aliphatic rings. The minimum atomic E-state index is -0.554. The third-order valence-corrected chi connectivity index (χ3v) is 4.33. The van der Waals surface area contributed by atoms with Gasteiger partial charge in [-0.3, -0.25) is 9.48 Å². The second-order valence-electron chi connectivity index (χ2n) is 6.14. The van der Waals surface area contributed by atoms with Gasteiger partial charge in [0.25, 0.3) is 5.91 Å². The summed E-state index contributed by atoms with van der Waals surface area (Å²) in [7, 11) is 1.74. The van der Waals surface area contributed by atoms with Gasteiger partial charge in [0.2, 0.25) is 0 Å². The first-order valence-corrected chi connectivity index (χ1v) is 8.61. The van der Waals surface area contributed by atoms with Gasteiger partial charge in [0.1, 0.15) is 5.56 Å². The second kappa shape index (κ2) is 8.31. The van der Waals surface area contributed by atoms with E-state index in [1.807, 2.05) is 60.7 Å². The Bertz CT molecular complexity index is 920. The number of carbonyl (C=O) groups excluding carboxylic acids is 2. The molecule has 0 saturated carbocycles. The number of anilines is 1. The molecule has 0 fully saturated rings. The van der Waals surface area contributed by atoms with Crippen LogP contribution in [0.4, 0.5) is 5.69 Å². The van der Waals surface area contributed by atoms with E-state index in [0.717, 1.165) is 11.3 Å². The molecule has 1 heterocycles. The average molecular weight is 363 g/mol. The van der Waals surface area contributed by atoms with Gasteiger partial charge in [-0.15, -0.1) is 0 Å².